The zero-order chi connectivity index (χ0) is 30.0. The van der Waals surface area contributed by atoms with E-state index in [1.165, 1.54) is 25.0 Å². The minimum absolute atomic E-state index is 0.0896. The number of imidazole rings is 1. The van der Waals surface area contributed by atoms with Gasteiger partial charge in [0.25, 0.3) is 0 Å². The van der Waals surface area contributed by atoms with Gasteiger partial charge < -0.3 is 15.0 Å². The summed E-state index contributed by atoms with van der Waals surface area (Å²) in [5.41, 5.74) is 6.37. The lowest BCUT2D eigenvalue weighted by atomic mass is 10.0. The van der Waals surface area contributed by atoms with Crippen LogP contribution < -0.4 is 10.1 Å². The van der Waals surface area contributed by atoms with Crippen LogP contribution in [0, 0.1) is 5.82 Å². The number of benzene rings is 2. The molecular weight excluding hydrogens is 559 g/mol. The molecule has 1 amide bonds. The molecular formula is C33H31FN8O2. The summed E-state index contributed by atoms with van der Waals surface area (Å²) >= 11 is 0. The highest BCUT2D eigenvalue weighted by atomic mass is 19.1. The molecule has 0 saturated carbocycles. The Bertz CT molecular complexity index is 1980. The van der Waals surface area contributed by atoms with E-state index in [0.29, 0.717) is 52.8 Å². The number of hydrogen-bond acceptors (Lipinski definition) is 7. The number of pyridine rings is 2. The summed E-state index contributed by atoms with van der Waals surface area (Å²) in [7, 11) is 0. The fraction of sp³-hybridized carbons (Fsp3) is 0.242. The number of rotatable bonds is 9. The zero-order valence-electron chi connectivity index (χ0n) is 24.2. The summed E-state index contributed by atoms with van der Waals surface area (Å²) in [6, 6.07) is 14.3. The highest BCUT2D eigenvalue weighted by Gasteiger charge is 2.18. The molecule has 11 heteroatoms. The summed E-state index contributed by atoms with van der Waals surface area (Å²) < 4.78 is 20.7. The van der Waals surface area contributed by atoms with Crippen LogP contribution in [0.3, 0.4) is 0 Å². The van der Waals surface area contributed by atoms with Gasteiger partial charge in [0.1, 0.15) is 23.9 Å². The van der Waals surface area contributed by atoms with E-state index >= 15 is 0 Å². The van der Waals surface area contributed by atoms with E-state index in [9.17, 15) is 9.18 Å². The molecule has 0 unspecified atom stereocenters. The Morgan fingerprint density at radius 2 is 1.93 bits per heavy atom. The molecule has 1 aliphatic heterocycles. The van der Waals surface area contributed by atoms with Crippen molar-refractivity contribution in [2.45, 2.75) is 26.2 Å². The first kappa shape index (κ1) is 27.7. The highest BCUT2D eigenvalue weighted by molar-refractivity contribution is 5.98. The van der Waals surface area contributed by atoms with Crippen molar-refractivity contribution in [1.82, 2.24) is 35.0 Å². The lowest BCUT2D eigenvalue weighted by Gasteiger charge is -2.15. The molecule has 7 rings (SSSR count). The number of para-hydroxylation sites is 1. The van der Waals surface area contributed by atoms with Crippen molar-refractivity contribution in [3.8, 4) is 39.7 Å². The maximum Gasteiger partial charge on any atom is 0.224 e. The van der Waals surface area contributed by atoms with Gasteiger partial charge in [0.15, 0.2) is 5.82 Å². The van der Waals surface area contributed by atoms with Crippen LogP contribution in [0.4, 0.5) is 10.1 Å². The van der Waals surface area contributed by atoms with Gasteiger partial charge in [-0.05, 0) is 61.8 Å². The third-order valence-electron chi connectivity index (χ3n) is 7.88. The normalized spacial score (nSPS) is 13.6. The number of hydrogen-bond donors (Lipinski definition) is 3. The second-order valence-electron chi connectivity index (χ2n) is 10.9. The molecule has 4 aromatic heterocycles. The van der Waals surface area contributed by atoms with Crippen molar-refractivity contribution in [1.29, 1.82) is 0 Å². The Labute approximate surface area is 252 Å². The number of halogens is 1. The van der Waals surface area contributed by atoms with Gasteiger partial charge in [0, 0.05) is 41.7 Å². The molecule has 2 aromatic carbocycles. The molecule has 10 nitrogen and oxygen atoms in total. The maximum absolute atomic E-state index is 14.8. The number of carbonyl (C=O) groups excluding carboxylic acids is 1. The average Bonchev–Trinajstić information content (AvgIpc) is 3.80. The second-order valence-corrected chi connectivity index (χ2v) is 10.9. The van der Waals surface area contributed by atoms with Gasteiger partial charge in [-0.3, -0.25) is 24.8 Å². The predicted molar refractivity (Wildman–Crippen MR) is 168 cm³/mol. The smallest absolute Gasteiger partial charge is 0.224 e. The van der Waals surface area contributed by atoms with E-state index in [-0.39, 0.29) is 11.7 Å². The number of amides is 1. The van der Waals surface area contributed by atoms with Crippen molar-refractivity contribution in [3.63, 3.8) is 0 Å². The quantitative estimate of drug-likeness (QED) is 0.183. The Morgan fingerprint density at radius 3 is 2.80 bits per heavy atom. The molecule has 222 valence electrons. The lowest BCUT2D eigenvalue weighted by molar-refractivity contribution is -0.115. The maximum atomic E-state index is 14.8. The summed E-state index contributed by atoms with van der Waals surface area (Å²) in [6.07, 6.45) is 7.83. The lowest BCUT2D eigenvalue weighted by Crippen LogP contribution is -2.25. The van der Waals surface area contributed by atoms with Crippen molar-refractivity contribution in [2.75, 3.05) is 31.6 Å². The molecule has 6 aromatic rings. The Morgan fingerprint density at radius 1 is 1.05 bits per heavy atom. The van der Waals surface area contributed by atoms with E-state index in [0.717, 1.165) is 47.2 Å². The van der Waals surface area contributed by atoms with E-state index in [4.69, 9.17) is 9.72 Å². The molecule has 1 fully saturated rings. The number of aromatic nitrogens is 6. The largest absolute Gasteiger partial charge is 0.492 e. The molecule has 44 heavy (non-hydrogen) atoms. The van der Waals surface area contributed by atoms with Crippen LogP contribution in [-0.4, -0.2) is 67.2 Å². The van der Waals surface area contributed by atoms with Crippen LogP contribution in [0.15, 0.2) is 67.1 Å². The van der Waals surface area contributed by atoms with Crippen molar-refractivity contribution >= 4 is 33.5 Å². The predicted octanol–water partition coefficient (Wildman–Crippen LogP) is 6.19. The summed E-state index contributed by atoms with van der Waals surface area (Å²) in [5, 5.41) is 11.2. The first-order chi connectivity index (χ1) is 21.5. The fourth-order valence-electron chi connectivity index (χ4n) is 5.63. The average molecular weight is 591 g/mol. The number of likely N-dealkylation sites (tertiary alicyclic amines) is 1. The molecule has 0 radical (unpaired) electrons. The molecule has 5 heterocycles. The minimum atomic E-state index is -0.363. The number of anilines is 1. The SMILES string of the molecule is CCC(=O)Nc1cncc(-c2cc3c(-c4nc5c(-c6cc(F)cc(OCCN7CCCC7)c6)cccc5[nH]4)n[nH]c3cn2)c1. The monoisotopic (exact) mass is 590 g/mol. The summed E-state index contributed by atoms with van der Waals surface area (Å²) in [4.78, 5) is 31.4. The highest BCUT2D eigenvalue weighted by Crippen LogP contribution is 2.34. The molecule has 0 atom stereocenters. The third kappa shape index (κ3) is 5.61. The third-order valence-corrected chi connectivity index (χ3v) is 7.88. The zero-order valence-corrected chi connectivity index (χ0v) is 24.2. The van der Waals surface area contributed by atoms with Crippen LogP contribution >= 0.6 is 0 Å². The molecule has 1 aliphatic rings. The first-order valence-electron chi connectivity index (χ1n) is 14.8. The van der Waals surface area contributed by atoms with Gasteiger partial charge in [-0.15, -0.1) is 0 Å². The van der Waals surface area contributed by atoms with E-state index in [2.05, 4.69) is 35.4 Å². The van der Waals surface area contributed by atoms with Gasteiger partial charge in [0.2, 0.25) is 5.91 Å². The second kappa shape index (κ2) is 11.8. The van der Waals surface area contributed by atoms with Crippen molar-refractivity contribution in [2.24, 2.45) is 0 Å². The number of H-pyrrole nitrogens is 2. The molecule has 0 bridgehead atoms. The number of carbonyl (C=O) groups is 1. The van der Waals surface area contributed by atoms with E-state index < -0.39 is 0 Å². The van der Waals surface area contributed by atoms with Crippen LogP contribution in [0.1, 0.15) is 26.2 Å². The number of nitrogens with one attached hydrogen (secondary N) is 3. The minimum Gasteiger partial charge on any atom is -0.492 e. The number of ether oxygens (including phenoxy) is 1. The van der Waals surface area contributed by atoms with Gasteiger partial charge in [0.05, 0.1) is 40.3 Å². The van der Waals surface area contributed by atoms with Crippen LogP contribution in [0.5, 0.6) is 5.75 Å². The van der Waals surface area contributed by atoms with Crippen LogP contribution in [0.25, 0.3) is 55.8 Å². The van der Waals surface area contributed by atoms with Gasteiger partial charge in [-0.2, -0.15) is 5.10 Å². The van der Waals surface area contributed by atoms with Gasteiger partial charge >= 0.3 is 0 Å². The van der Waals surface area contributed by atoms with Gasteiger partial charge in [-0.1, -0.05) is 19.1 Å². The van der Waals surface area contributed by atoms with E-state index in [1.54, 1.807) is 25.5 Å². The molecule has 0 spiro atoms. The summed E-state index contributed by atoms with van der Waals surface area (Å²) in [5.74, 6) is 0.611. The summed E-state index contributed by atoms with van der Waals surface area (Å²) in [6.45, 7) is 5.32. The Hall–Kier alpha value is -5.16. The van der Waals surface area contributed by atoms with Crippen molar-refractivity contribution < 1.29 is 13.9 Å². The van der Waals surface area contributed by atoms with Crippen LogP contribution in [-0.2, 0) is 4.79 Å². The molecule has 1 saturated heterocycles. The standard InChI is InChI=1S/C33H31FN8O2/c1-2-30(43)37-23-13-21(17-35-18-23)28-16-26-29(19-36-28)40-41-32(26)33-38-27-7-5-6-25(31(27)39-33)20-12-22(34)15-24(14-20)44-11-10-42-8-3-4-9-42/h5-7,12-19H,2-4,8-11H2,1H3,(H,37,43)(H,38,39)(H,40,41). The topological polar surface area (TPSA) is 125 Å². The van der Waals surface area contributed by atoms with Crippen molar-refractivity contribution in [3.05, 3.63) is 72.9 Å². The Kier molecular flexibility index (Phi) is 7.45. The fourth-order valence-corrected chi connectivity index (χ4v) is 5.63. The van der Waals surface area contributed by atoms with E-state index in [1.807, 2.05) is 36.4 Å². The van der Waals surface area contributed by atoms with Gasteiger partial charge in [-0.25, -0.2) is 9.37 Å². The Balaban J connectivity index is 1.20. The van der Waals surface area contributed by atoms with Crippen LogP contribution in [0.2, 0.25) is 0 Å². The number of fused-ring (bicyclic) bond motifs is 2. The molecule has 0 aliphatic carbocycles. The number of nitrogens with zero attached hydrogens (tertiary/aromatic N) is 5. The molecule has 3 N–H and O–H groups in total. The first-order valence-corrected chi connectivity index (χ1v) is 14.8. The number of aromatic amines is 2.